The van der Waals surface area contributed by atoms with Crippen LogP contribution in [0.2, 0.25) is 0 Å². The van der Waals surface area contributed by atoms with Gasteiger partial charge < -0.3 is 0 Å². The average Bonchev–Trinajstić information content (AvgIpc) is 2.54. The maximum absolute atomic E-state index is 11.6. The Kier molecular flexibility index (Phi) is 2.71. The highest BCUT2D eigenvalue weighted by atomic mass is 16.2. The van der Waals surface area contributed by atoms with Gasteiger partial charge in [-0.15, -0.1) is 0 Å². The van der Waals surface area contributed by atoms with Crippen molar-refractivity contribution in [1.29, 1.82) is 0 Å². The molecule has 3 nitrogen and oxygen atoms in total. The molecule has 1 N–H and O–H groups in total. The zero-order valence-corrected chi connectivity index (χ0v) is 8.71. The van der Waals surface area contributed by atoms with E-state index in [2.05, 4.69) is 11.9 Å². The van der Waals surface area contributed by atoms with Crippen molar-refractivity contribution in [2.75, 3.05) is 0 Å². The first kappa shape index (κ1) is 10.1. The van der Waals surface area contributed by atoms with Crippen LogP contribution in [0.1, 0.15) is 32.1 Å². The van der Waals surface area contributed by atoms with Crippen LogP contribution >= 0.6 is 0 Å². The molecule has 2 amide bonds. The second-order valence-corrected chi connectivity index (χ2v) is 4.15. The summed E-state index contributed by atoms with van der Waals surface area (Å²) in [6, 6.07) is 0. The highest BCUT2D eigenvalue weighted by Gasteiger charge is 2.33. The van der Waals surface area contributed by atoms with Gasteiger partial charge in [0.2, 0.25) is 0 Å². The van der Waals surface area contributed by atoms with Crippen molar-refractivity contribution in [3.8, 4) is 0 Å². The Morgan fingerprint density at radius 3 is 2.40 bits per heavy atom. The van der Waals surface area contributed by atoms with Crippen LogP contribution < -0.4 is 5.32 Å². The fraction of sp³-hybridized carbons (Fsp3) is 0.500. The van der Waals surface area contributed by atoms with Crippen molar-refractivity contribution in [3.05, 3.63) is 23.8 Å². The van der Waals surface area contributed by atoms with Gasteiger partial charge in [-0.05, 0) is 18.8 Å². The number of hydrogen-bond donors (Lipinski definition) is 1. The van der Waals surface area contributed by atoms with E-state index in [9.17, 15) is 9.59 Å². The van der Waals surface area contributed by atoms with E-state index < -0.39 is 0 Å². The fourth-order valence-corrected chi connectivity index (χ4v) is 2.48. The molecule has 0 saturated heterocycles. The van der Waals surface area contributed by atoms with Gasteiger partial charge in [0.05, 0.1) is 0 Å². The predicted molar refractivity (Wildman–Crippen MR) is 56.9 cm³/mol. The minimum absolute atomic E-state index is 0.207. The number of carbonyl (C=O) groups excluding carboxylic acids is 2. The molecule has 2 rings (SSSR count). The van der Waals surface area contributed by atoms with E-state index in [4.69, 9.17) is 0 Å². The maximum atomic E-state index is 11.6. The molecule has 1 fully saturated rings. The maximum Gasteiger partial charge on any atom is 0.258 e. The molecule has 1 heterocycles. The molecule has 0 aromatic carbocycles. The van der Waals surface area contributed by atoms with Crippen LogP contribution in [0.3, 0.4) is 0 Å². The van der Waals surface area contributed by atoms with Crippen molar-refractivity contribution in [2.24, 2.45) is 5.92 Å². The third-order valence-electron chi connectivity index (χ3n) is 3.22. The van der Waals surface area contributed by atoms with Crippen molar-refractivity contribution < 1.29 is 9.59 Å². The Bertz CT molecular complexity index is 349. The van der Waals surface area contributed by atoms with E-state index in [1.165, 1.54) is 12.5 Å². The molecular weight excluding hydrogens is 190 g/mol. The van der Waals surface area contributed by atoms with E-state index in [1.54, 1.807) is 0 Å². The van der Waals surface area contributed by atoms with Crippen LogP contribution in [0, 0.1) is 5.92 Å². The van der Waals surface area contributed by atoms with Crippen molar-refractivity contribution in [2.45, 2.75) is 32.1 Å². The molecule has 3 heteroatoms. The lowest BCUT2D eigenvalue weighted by Crippen LogP contribution is -2.25. The van der Waals surface area contributed by atoms with Crippen molar-refractivity contribution in [1.82, 2.24) is 5.32 Å². The van der Waals surface area contributed by atoms with E-state index in [0.717, 1.165) is 25.7 Å². The van der Waals surface area contributed by atoms with Crippen LogP contribution in [0.25, 0.3) is 0 Å². The summed E-state index contributed by atoms with van der Waals surface area (Å²) in [6.07, 6.45) is 7.09. The Hall–Kier alpha value is -1.38. The first-order valence-corrected chi connectivity index (χ1v) is 5.46. The van der Waals surface area contributed by atoms with Gasteiger partial charge in [0.15, 0.2) is 0 Å². The molecule has 0 unspecified atom stereocenters. The molecule has 0 spiro atoms. The van der Waals surface area contributed by atoms with Crippen LogP contribution in [0.5, 0.6) is 0 Å². The van der Waals surface area contributed by atoms with E-state index in [0.29, 0.717) is 11.1 Å². The Morgan fingerprint density at radius 2 is 1.80 bits per heavy atom. The summed E-state index contributed by atoms with van der Waals surface area (Å²) in [5, 5.41) is 2.34. The standard InChI is InChI=1S/C12H15NO2/c1-2-9-10(12(15)13-11(9)14)8-6-4-3-5-7-8/h2,8H,1,3-7H2,(H,13,14,15). The lowest BCUT2D eigenvalue weighted by Gasteiger charge is -2.21. The molecule has 0 aromatic heterocycles. The number of carbonyl (C=O) groups is 2. The molecule has 15 heavy (non-hydrogen) atoms. The third-order valence-corrected chi connectivity index (χ3v) is 3.22. The second kappa shape index (κ2) is 4.01. The van der Waals surface area contributed by atoms with Gasteiger partial charge in [-0.1, -0.05) is 31.9 Å². The largest absolute Gasteiger partial charge is 0.288 e. The molecule has 0 atom stereocenters. The van der Waals surface area contributed by atoms with Gasteiger partial charge in [0.25, 0.3) is 11.8 Å². The molecule has 1 aliphatic carbocycles. The quantitative estimate of drug-likeness (QED) is 0.697. The van der Waals surface area contributed by atoms with Gasteiger partial charge in [-0.25, -0.2) is 0 Å². The molecule has 0 aromatic rings. The van der Waals surface area contributed by atoms with Crippen molar-refractivity contribution in [3.63, 3.8) is 0 Å². The topological polar surface area (TPSA) is 46.2 Å². The monoisotopic (exact) mass is 205 g/mol. The van der Waals surface area contributed by atoms with Crippen LogP contribution in [0.15, 0.2) is 23.8 Å². The zero-order chi connectivity index (χ0) is 10.8. The van der Waals surface area contributed by atoms with E-state index in [1.807, 2.05) is 0 Å². The smallest absolute Gasteiger partial charge is 0.258 e. The lowest BCUT2D eigenvalue weighted by molar-refractivity contribution is -0.124. The molecular formula is C12H15NO2. The number of nitrogens with one attached hydrogen (secondary N) is 1. The molecule has 0 radical (unpaired) electrons. The molecule has 1 aliphatic heterocycles. The van der Waals surface area contributed by atoms with Crippen molar-refractivity contribution >= 4 is 11.8 Å². The highest BCUT2D eigenvalue weighted by molar-refractivity contribution is 6.20. The van der Waals surface area contributed by atoms with Gasteiger partial charge in [0.1, 0.15) is 0 Å². The van der Waals surface area contributed by atoms with E-state index >= 15 is 0 Å². The summed E-state index contributed by atoms with van der Waals surface area (Å²) in [5.74, 6) is -0.226. The molecule has 1 saturated carbocycles. The number of hydrogen-bond acceptors (Lipinski definition) is 2. The van der Waals surface area contributed by atoms with Gasteiger partial charge >= 0.3 is 0 Å². The summed E-state index contributed by atoms with van der Waals surface area (Å²) in [6.45, 7) is 3.60. The minimum Gasteiger partial charge on any atom is -0.288 e. The normalized spacial score (nSPS) is 23.2. The van der Waals surface area contributed by atoms with Crippen LogP contribution in [-0.2, 0) is 9.59 Å². The zero-order valence-electron chi connectivity index (χ0n) is 8.71. The Morgan fingerprint density at radius 1 is 1.13 bits per heavy atom. The van der Waals surface area contributed by atoms with Gasteiger partial charge in [-0.2, -0.15) is 0 Å². The van der Waals surface area contributed by atoms with Crippen LogP contribution in [0.4, 0.5) is 0 Å². The Balaban J connectivity index is 2.30. The summed E-state index contributed by atoms with van der Waals surface area (Å²) < 4.78 is 0. The molecule has 2 aliphatic rings. The third kappa shape index (κ3) is 1.74. The summed E-state index contributed by atoms with van der Waals surface area (Å²) in [5.41, 5.74) is 1.17. The minimum atomic E-state index is -0.282. The van der Waals surface area contributed by atoms with Gasteiger partial charge in [0, 0.05) is 11.1 Å². The predicted octanol–water partition coefficient (Wildman–Crippen LogP) is 1.71. The SMILES string of the molecule is C=CC1=C(C2CCCCC2)C(=O)NC1=O. The van der Waals surface area contributed by atoms with Crippen LogP contribution in [-0.4, -0.2) is 11.8 Å². The van der Waals surface area contributed by atoms with Gasteiger partial charge in [-0.3, -0.25) is 14.9 Å². The fourth-order valence-electron chi connectivity index (χ4n) is 2.48. The number of imide groups is 1. The Labute approximate surface area is 89.2 Å². The lowest BCUT2D eigenvalue weighted by atomic mass is 9.82. The first-order valence-electron chi connectivity index (χ1n) is 5.46. The average molecular weight is 205 g/mol. The molecule has 80 valence electrons. The first-order chi connectivity index (χ1) is 7.24. The summed E-state index contributed by atoms with van der Waals surface area (Å²) in [7, 11) is 0. The highest BCUT2D eigenvalue weighted by Crippen LogP contribution is 2.33. The summed E-state index contributed by atoms with van der Waals surface area (Å²) >= 11 is 0. The second-order valence-electron chi connectivity index (χ2n) is 4.15. The number of amides is 2. The number of rotatable bonds is 2. The summed E-state index contributed by atoms with van der Waals surface area (Å²) in [4.78, 5) is 23.0. The van der Waals surface area contributed by atoms with E-state index in [-0.39, 0.29) is 17.7 Å². The molecule has 0 bridgehead atoms.